The van der Waals surface area contributed by atoms with Gasteiger partial charge in [-0.25, -0.2) is 13.8 Å². The normalized spacial score (nSPS) is 15.5. The molecule has 2 aromatic heterocycles. The van der Waals surface area contributed by atoms with E-state index in [4.69, 9.17) is 0 Å². The highest BCUT2D eigenvalue weighted by Gasteiger charge is 2.23. The maximum atomic E-state index is 13.6. The van der Waals surface area contributed by atoms with Crippen molar-refractivity contribution in [2.45, 2.75) is 48.6 Å². The van der Waals surface area contributed by atoms with Crippen LogP contribution in [0.1, 0.15) is 37.9 Å². The van der Waals surface area contributed by atoms with Gasteiger partial charge >= 0.3 is 0 Å². The van der Waals surface area contributed by atoms with E-state index in [2.05, 4.69) is 20.2 Å². The maximum absolute atomic E-state index is 13.6. The van der Waals surface area contributed by atoms with Gasteiger partial charge in [0.05, 0.1) is 4.90 Å². The van der Waals surface area contributed by atoms with E-state index in [1.165, 1.54) is 25.7 Å². The number of halogens is 4. The lowest BCUT2D eigenvalue weighted by Gasteiger charge is -2.05. The first-order valence-corrected chi connectivity index (χ1v) is 8.15. The first kappa shape index (κ1) is 16.2. The summed E-state index contributed by atoms with van der Waals surface area (Å²) in [6.45, 7) is 0. The summed E-state index contributed by atoms with van der Waals surface area (Å²) in [6, 6.07) is 0. The first-order chi connectivity index (χ1) is 11.0. The second-order valence-electron chi connectivity index (χ2n) is 5.51. The molecule has 0 aromatic carbocycles. The van der Waals surface area contributed by atoms with Crippen molar-refractivity contribution < 1.29 is 17.6 Å². The summed E-state index contributed by atoms with van der Waals surface area (Å²) in [5, 5.41) is 6.52. The molecule has 2 aromatic rings. The Kier molecular flexibility index (Phi) is 4.84. The average molecular weight is 346 g/mol. The van der Waals surface area contributed by atoms with Crippen LogP contribution in [0.5, 0.6) is 0 Å². The van der Waals surface area contributed by atoms with Crippen LogP contribution in [0.4, 0.5) is 17.6 Å². The summed E-state index contributed by atoms with van der Waals surface area (Å²) < 4.78 is 53.2. The van der Waals surface area contributed by atoms with Gasteiger partial charge in [-0.1, -0.05) is 25.7 Å². The summed E-state index contributed by atoms with van der Waals surface area (Å²) >= 11 is 0.425. The van der Waals surface area contributed by atoms with Crippen molar-refractivity contribution in [3.05, 3.63) is 29.4 Å². The van der Waals surface area contributed by atoms with E-state index in [0.717, 1.165) is 6.42 Å². The smallest absolute Gasteiger partial charge is 0.252 e. The molecule has 4 nitrogen and oxygen atoms in total. The summed E-state index contributed by atoms with van der Waals surface area (Å²) in [7, 11) is 0. The molecule has 0 atom stereocenters. The van der Waals surface area contributed by atoms with Crippen LogP contribution >= 0.6 is 11.8 Å². The van der Waals surface area contributed by atoms with Crippen molar-refractivity contribution in [2.75, 3.05) is 0 Å². The molecule has 2 heterocycles. The zero-order valence-corrected chi connectivity index (χ0v) is 12.9. The highest BCUT2D eigenvalue weighted by molar-refractivity contribution is 7.99. The number of aromatic nitrogens is 4. The predicted molar refractivity (Wildman–Crippen MR) is 74.9 cm³/mol. The minimum atomic E-state index is -1.69. The zero-order valence-electron chi connectivity index (χ0n) is 12.1. The lowest BCUT2D eigenvalue weighted by atomic mass is 10.0. The Morgan fingerprint density at radius 2 is 1.65 bits per heavy atom. The summed E-state index contributed by atoms with van der Waals surface area (Å²) in [4.78, 5) is 5.78. The molecule has 1 aliphatic carbocycles. The largest absolute Gasteiger partial charge is 0.262 e. The number of rotatable bonds is 5. The molecule has 0 saturated heterocycles. The van der Waals surface area contributed by atoms with Crippen LogP contribution in [0.15, 0.2) is 10.1 Å². The van der Waals surface area contributed by atoms with E-state index in [9.17, 15) is 17.6 Å². The van der Waals surface area contributed by atoms with Crippen LogP contribution < -0.4 is 0 Å². The fourth-order valence-electron chi connectivity index (χ4n) is 2.72. The number of hydrogen-bond acceptors (Lipinski definition) is 4. The van der Waals surface area contributed by atoms with Crippen LogP contribution in [-0.4, -0.2) is 20.2 Å². The first-order valence-electron chi connectivity index (χ1n) is 7.33. The van der Waals surface area contributed by atoms with E-state index >= 15 is 0 Å². The molecular weight excluding hydrogens is 332 g/mol. The molecule has 0 aliphatic heterocycles. The lowest BCUT2D eigenvalue weighted by Crippen LogP contribution is -2.02. The minimum absolute atomic E-state index is 0.00854. The third-order valence-electron chi connectivity index (χ3n) is 3.93. The fraction of sp³-hybridized carbons (Fsp3) is 0.500. The van der Waals surface area contributed by atoms with Gasteiger partial charge in [-0.3, -0.25) is 5.10 Å². The highest BCUT2D eigenvalue weighted by Crippen LogP contribution is 2.32. The lowest BCUT2D eigenvalue weighted by molar-refractivity contribution is 0.383. The quantitative estimate of drug-likeness (QED) is 0.656. The molecular formula is C14H14F4N4S. The molecule has 9 heteroatoms. The van der Waals surface area contributed by atoms with E-state index in [1.807, 2.05) is 0 Å². The number of aryl methyl sites for hydroxylation is 1. The fourth-order valence-corrected chi connectivity index (χ4v) is 3.50. The van der Waals surface area contributed by atoms with Gasteiger partial charge in [0, 0.05) is 6.42 Å². The van der Waals surface area contributed by atoms with E-state index in [-0.39, 0.29) is 5.16 Å². The van der Waals surface area contributed by atoms with Crippen molar-refractivity contribution in [1.29, 1.82) is 0 Å². The van der Waals surface area contributed by atoms with Crippen LogP contribution in [-0.2, 0) is 6.42 Å². The van der Waals surface area contributed by atoms with Gasteiger partial charge in [0.1, 0.15) is 5.82 Å². The SMILES string of the molecule is Fc1nc(F)c(F)c(Sc2n[nH]c(CCC3CCCC3)n2)c1F. The van der Waals surface area contributed by atoms with Crippen molar-refractivity contribution in [2.24, 2.45) is 5.92 Å². The van der Waals surface area contributed by atoms with Gasteiger partial charge in [-0.2, -0.15) is 13.8 Å². The highest BCUT2D eigenvalue weighted by atomic mass is 32.2. The maximum Gasteiger partial charge on any atom is 0.252 e. The van der Waals surface area contributed by atoms with E-state index in [0.29, 0.717) is 29.9 Å². The summed E-state index contributed by atoms with van der Waals surface area (Å²) in [5.74, 6) is -5.21. The van der Waals surface area contributed by atoms with Crippen molar-refractivity contribution in [3.8, 4) is 0 Å². The Bertz CT molecular complexity index is 674. The van der Waals surface area contributed by atoms with Gasteiger partial charge in [0.25, 0.3) is 11.9 Å². The predicted octanol–water partition coefficient (Wildman–Crippen LogP) is 4.03. The Labute approximate surface area is 134 Å². The van der Waals surface area contributed by atoms with Crippen LogP contribution in [0.3, 0.4) is 0 Å². The molecule has 1 N–H and O–H groups in total. The average Bonchev–Trinajstić information content (AvgIpc) is 3.19. The molecule has 0 radical (unpaired) electrons. The van der Waals surface area contributed by atoms with Gasteiger partial charge < -0.3 is 0 Å². The number of pyridine rings is 1. The third-order valence-corrected chi connectivity index (χ3v) is 4.85. The molecule has 1 aliphatic rings. The monoisotopic (exact) mass is 346 g/mol. The number of aromatic amines is 1. The van der Waals surface area contributed by atoms with Crippen molar-refractivity contribution in [3.63, 3.8) is 0 Å². The third kappa shape index (κ3) is 3.65. The summed E-state index contributed by atoms with van der Waals surface area (Å²) in [6.07, 6.45) is 6.58. The number of hydrogen-bond donors (Lipinski definition) is 1. The van der Waals surface area contributed by atoms with Crippen LogP contribution in [0.25, 0.3) is 0 Å². The molecule has 0 amide bonds. The van der Waals surface area contributed by atoms with Gasteiger partial charge in [0.15, 0.2) is 11.6 Å². The van der Waals surface area contributed by atoms with E-state index in [1.54, 1.807) is 0 Å². The number of nitrogens with one attached hydrogen (secondary N) is 1. The zero-order chi connectivity index (χ0) is 16.4. The standard InChI is InChI=1S/C14H14F4N4S/c15-9-11(10(16)13(18)20-12(9)17)23-14-19-8(21-22-14)6-5-7-3-1-2-4-7/h7H,1-6H2,(H,19,21,22). The topological polar surface area (TPSA) is 54.5 Å². The molecule has 23 heavy (non-hydrogen) atoms. The molecule has 124 valence electrons. The molecule has 3 rings (SSSR count). The molecule has 1 saturated carbocycles. The Balaban J connectivity index is 1.69. The second kappa shape index (κ2) is 6.86. The van der Waals surface area contributed by atoms with Crippen LogP contribution in [0, 0.1) is 29.4 Å². The summed E-state index contributed by atoms with van der Waals surface area (Å²) in [5.41, 5.74) is 0. The van der Waals surface area contributed by atoms with E-state index < -0.39 is 28.4 Å². The Hall–Kier alpha value is -1.64. The minimum Gasteiger partial charge on any atom is -0.262 e. The van der Waals surface area contributed by atoms with Gasteiger partial charge in [-0.15, -0.1) is 5.10 Å². The molecule has 0 spiro atoms. The van der Waals surface area contributed by atoms with Crippen molar-refractivity contribution >= 4 is 11.8 Å². The van der Waals surface area contributed by atoms with Crippen LogP contribution in [0.2, 0.25) is 0 Å². The number of nitrogens with zero attached hydrogens (tertiary/aromatic N) is 3. The van der Waals surface area contributed by atoms with Gasteiger partial charge in [-0.05, 0) is 24.1 Å². The van der Waals surface area contributed by atoms with Gasteiger partial charge in [0.2, 0.25) is 5.16 Å². The Morgan fingerprint density at radius 3 is 2.30 bits per heavy atom. The second-order valence-corrected chi connectivity index (χ2v) is 6.48. The Morgan fingerprint density at radius 1 is 1.00 bits per heavy atom. The number of H-pyrrole nitrogens is 1. The molecule has 0 bridgehead atoms. The molecule has 1 fully saturated rings. The van der Waals surface area contributed by atoms with Crippen molar-refractivity contribution in [1.82, 2.24) is 20.2 Å². The molecule has 0 unspecified atom stereocenters.